The predicted octanol–water partition coefficient (Wildman–Crippen LogP) is 3.42. The molecular formula is C20H15FN2O3. The maximum absolute atomic E-state index is 13.7. The highest BCUT2D eigenvalue weighted by Crippen LogP contribution is 2.25. The number of carbonyl (C=O) groups is 1. The third-order valence-electron chi connectivity index (χ3n) is 3.71. The molecule has 0 saturated heterocycles. The van der Waals surface area contributed by atoms with Gasteiger partial charge >= 0.3 is 0 Å². The third-order valence-corrected chi connectivity index (χ3v) is 3.71. The van der Waals surface area contributed by atoms with Gasteiger partial charge in [0.05, 0.1) is 5.56 Å². The smallest absolute Gasteiger partial charge is 0.274 e. The summed E-state index contributed by atoms with van der Waals surface area (Å²) in [5.74, 6) is -1.57. The third kappa shape index (κ3) is 3.54. The molecule has 6 heteroatoms. The fourth-order valence-electron chi connectivity index (χ4n) is 2.43. The largest absolute Gasteiger partial charge is 0.507 e. The van der Waals surface area contributed by atoms with Crippen LogP contribution in [0.25, 0.3) is 0 Å². The van der Waals surface area contributed by atoms with E-state index in [0.29, 0.717) is 11.1 Å². The zero-order valence-corrected chi connectivity index (χ0v) is 13.6. The lowest BCUT2D eigenvalue weighted by Crippen LogP contribution is -2.21. The number of hydrogen-bond donors (Lipinski definition) is 3. The van der Waals surface area contributed by atoms with Crippen LogP contribution >= 0.6 is 0 Å². The van der Waals surface area contributed by atoms with Crippen molar-refractivity contribution in [3.05, 3.63) is 95.3 Å². The number of amides is 1. The molecule has 3 aromatic rings. The molecule has 0 aliphatic heterocycles. The molecule has 0 saturated carbocycles. The molecule has 3 N–H and O–H groups in total. The van der Waals surface area contributed by atoms with Crippen molar-refractivity contribution in [2.75, 3.05) is 0 Å². The van der Waals surface area contributed by atoms with Crippen molar-refractivity contribution in [1.29, 1.82) is 0 Å². The molecule has 0 atom stereocenters. The minimum atomic E-state index is -0.744. The van der Waals surface area contributed by atoms with Gasteiger partial charge in [0.2, 0.25) is 0 Å². The average molecular weight is 350 g/mol. The first-order chi connectivity index (χ1) is 12.6. The van der Waals surface area contributed by atoms with Gasteiger partial charge in [0.15, 0.2) is 0 Å². The van der Waals surface area contributed by atoms with Gasteiger partial charge in [-0.05, 0) is 36.4 Å². The number of aromatic hydroxyl groups is 2. The van der Waals surface area contributed by atoms with Gasteiger partial charge in [0, 0.05) is 11.1 Å². The second-order valence-corrected chi connectivity index (χ2v) is 5.42. The van der Waals surface area contributed by atoms with E-state index in [1.54, 1.807) is 36.4 Å². The normalized spacial score (nSPS) is 10.2. The molecule has 0 radical (unpaired) electrons. The second kappa shape index (κ2) is 7.48. The summed E-state index contributed by atoms with van der Waals surface area (Å²) >= 11 is 0. The summed E-state index contributed by atoms with van der Waals surface area (Å²) in [6.07, 6.45) is 0. The van der Waals surface area contributed by atoms with E-state index in [4.69, 9.17) is 0 Å². The number of carbonyl (C=O) groups excluding carboxylic acids is 1. The second-order valence-electron chi connectivity index (χ2n) is 5.42. The van der Waals surface area contributed by atoms with Gasteiger partial charge in [0.25, 0.3) is 5.91 Å². The highest BCUT2D eigenvalue weighted by molar-refractivity contribution is 6.16. The number of rotatable bonds is 4. The first-order valence-corrected chi connectivity index (χ1v) is 7.77. The number of nitrogens with zero attached hydrogens (tertiary/aromatic N) is 1. The number of nitrogens with one attached hydrogen (secondary N) is 1. The molecule has 0 heterocycles. The summed E-state index contributed by atoms with van der Waals surface area (Å²) in [5.41, 5.74) is 2.88. The summed E-state index contributed by atoms with van der Waals surface area (Å²) < 4.78 is 13.7. The van der Waals surface area contributed by atoms with Crippen LogP contribution in [0.1, 0.15) is 21.5 Å². The number of phenols is 2. The van der Waals surface area contributed by atoms with E-state index in [1.807, 2.05) is 0 Å². The van der Waals surface area contributed by atoms with Crippen molar-refractivity contribution in [2.45, 2.75) is 0 Å². The molecule has 0 aromatic heterocycles. The van der Waals surface area contributed by atoms with Crippen LogP contribution in [0.15, 0.2) is 77.9 Å². The SMILES string of the molecule is O=C(NN=C(c1ccccc1O)c1ccccc1O)c1ccccc1F. The van der Waals surface area contributed by atoms with Gasteiger partial charge in [-0.25, -0.2) is 9.82 Å². The van der Waals surface area contributed by atoms with Crippen LogP contribution in [-0.4, -0.2) is 21.8 Å². The van der Waals surface area contributed by atoms with E-state index in [-0.39, 0.29) is 22.8 Å². The molecule has 5 nitrogen and oxygen atoms in total. The molecular weight excluding hydrogens is 335 g/mol. The molecule has 0 aliphatic carbocycles. The number of para-hydroxylation sites is 2. The number of halogens is 1. The zero-order chi connectivity index (χ0) is 18.5. The van der Waals surface area contributed by atoms with Crippen LogP contribution in [-0.2, 0) is 0 Å². The molecule has 130 valence electrons. The molecule has 0 aliphatic rings. The first-order valence-electron chi connectivity index (χ1n) is 7.77. The van der Waals surface area contributed by atoms with Crippen molar-refractivity contribution in [3.8, 4) is 11.5 Å². The zero-order valence-electron chi connectivity index (χ0n) is 13.6. The minimum absolute atomic E-state index is 0.0744. The summed E-state index contributed by atoms with van der Waals surface area (Å²) in [6.45, 7) is 0. The lowest BCUT2D eigenvalue weighted by molar-refractivity contribution is 0.0951. The van der Waals surface area contributed by atoms with E-state index >= 15 is 0 Å². The Hall–Kier alpha value is -3.67. The highest BCUT2D eigenvalue weighted by Gasteiger charge is 2.16. The topological polar surface area (TPSA) is 81.9 Å². The van der Waals surface area contributed by atoms with Crippen LogP contribution in [0, 0.1) is 5.82 Å². The summed E-state index contributed by atoms with van der Waals surface area (Å²) in [7, 11) is 0. The number of hydrogen-bond acceptors (Lipinski definition) is 4. The fourth-order valence-corrected chi connectivity index (χ4v) is 2.43. The standard InChI is InChI=1S/C20H15FN2O3/c21-16-10-4-1-7-13(16)20(26)23-22-19(14-8-2-5-11-17(14)24)15-9-3-6-12-18(15)25/h1-12,24-25H,(H,23,26). The van der Waals surface area contributed by atoms with Crippen LogP contribution < -0.4 is 5.43 Å². The first kappa shape index (κ1) is 17.2. The summed E-state index contributed by atoms with van der Waals surface area (Å²) in [4.78, 5) is 12.2. The molecule has 3 rings (SSSR count). The monoisotopic (exact) mass is 350 g/mol. The Morgan fingerprint density at radius 1 is 0.769 bits per heavy atom. The fraction of sp³-hybridized carbons (Fsp3) is 0. The Labute approximate surface area is 149 Å². The maximum atomic E-state index is 13.7. The van der Waals surface area contributed by atoms with Crippen LogP contribution in [0.2, 0.25) is 0 Å². The summed E-state index contributed by atoms with van der Waals surface area (Å²) in [6, 6.07) is 18.3. The maximum Gasteiger partial charge on any atom is 0.274 e. The van der Waals surface area contributed by atoms with Gasteiger partial charge < -0.3 is 10.2 Å². The van der Waals surface area contributed by atoms with Gasteiger partial charge in [-0.1, -0.05) is 36.4 Å². The van der Waals surface area contributed by atoms with E-state index < -0.39 is 11.7 Å². The van der Waals surface area contributed by atoms with Crippen molar-refractivity contribution in [2.24, 2.45) is 5.10 Å². The van der Waals surface area contributed by atoms with Crippen LogP contribution in [0.4, 0.5) is 4.39 Å². The van der Waals surface area contributed by atoms with Gasteiger partial charge in [-0.3, -0.25) is 4.79 Å². The molecule has 26 heavy (non-hydrogen) atoms. The van der Waals surface area contributed by atoms with Crippen molar-refractivity contribution >= 4 is 11.6 Å². The van der Waals surface area contributed by atoms with Crippen LogP contribution in [0.5, 0.6) is 11.5 Å². The van der Waals surface area contributed by atoms with E-state index in [2.05, 4.69) is 10.5 Å². The van der Waals surface area contributed by atoms with Gasteiger partial charge in [-0.15, -0.1) is 0 Å². The molecule has 0 unspecified atom stereocenters. The highest BCUT2D eigenvalue weighted by atomic mass is 19.1. The van der Waals surface area contributed by atoms with Gasteiger partial charge in [0.1, 0.15) is 23.0 Å². The number of benzene rings is 3. The van der Waals surface area contributed by atoms with Crippen molar-refractivity contribution in [3.63, 3.8) is 0 Å². The predicted molar refractivity (Wildman–Crippen MR) is 95.7 cm³/mol. The Balaban J connectivity index is 2.03. The minimum Gasteiger partial charge on any atom is -0.507 e. The Morgan fingerprint density at radius 3 is 1.73 bits per heavy atom. The number of phenolic OH excluding ortho intramolecular Hbond substituents is 2. The quantitative estimate of drug-likeness (QED) is 0.498. The molecule has 0 spiro atoms. The summed E-state index contributed by atoms with van der Waals surface area (Å²) in [5, 5.41) is 24.3. The van der Waals surface area contributed by atoms with Crippen LogP contribution in [0.3, 0.4) is 0 Å². The molecule has 0 fully saturated rings. The average Bonchev–Trinajstić information content (AvgIpc) is 2.64. The lowest BCUT2D eigenvalue weighted by Gasteiger charge is -2.11. The lowest BCUT2D eigenvalue weighted by atomic mass is 10.0. The van der Waals surface area contributed by atoms with Gasteiger partial charge in [-0.2, -0.15) is 5.10 Å². The van der Waals surface area contributed by atoms with Crippen molar-refractivity contribution in [1.82, 2.24) is 5.43 Å². The Morgan fingerprint density at radius 2 is 1.23 bits per heavy atom. The van der Waals surface area contributed by atoms with E-state index in [0.717, 1.165) is 0 Å². The Bertz CT molecular complexity index is 939. The molecule has 1 amide bonds. The van der Waals surface area contributed by atoms with E-state index in [9.17, 15) is 19.4 Å². The molecule has 3 aromatic carbocycles. The number of hydrazone groups is 1. The molecule has 0 bridgehead atoms. The Kier molecular flexibility index (Phi) is 4.94. The van der Waals surface area contributed by atoms with Crippen molar-refractivity contribution < 1.29 is 19.4 Å². The van der Waals surface area contributed by atoms with E-state index in [1.165, 1.54) is 36.4 Å².